The zero-order valence-corrected chi connectivity index (χ0v) is 10.8. The van der Waals surface area contributed by atoms with Crippen LogP contribution in [0.5, 0.6) is 5.75 Å². The molecule has 0 spiro atoms. The molecule has 2 rings (SSSR count). The summed E-state index contributed by atoms with van der Waals surface area (Å²) in [5.74, 6) is -3.14. The van der Waals surface area contributed by atoms with Crippen LogP contribution in [0.15, 0.2) is 36.4 Å². The van der Waals surface area contributed by atoms with Crippen LogP contribution in [0.1, 0.15) is 15.9 Å². The highest BCUT2D eigenvalue weighted by Crippen LogP contribution is 2.25. The number of halogens is 3. The molecule has 1 N–H and O–H groups in total. The molecule has 0 aromatic heterocycles. The van der Waals surface area contributed by atoms with Gasteiger partial charge in [0.05, 0.1) is 5.02 Å². The molecule has 0 radical (unpaired) electrons. The Labute approximate surface area is 118 Å². The van der Waals surface area contributed by atoms with E-state index in [0.29, 0.717) is 0 Å². The van der Waals surface area contributed by atoms with E-state index >= 15 is 0 Å². The Morgan fingerprint density at radius 1 is 1.15 bits per heavy atom. The lowest BCUT2D eigenvalue weighted by Crippen LogP contribution is -2.07. The summed E-state index contributed by atoms with van der Waals surface area (Å²) in [5, 5.41) is 9.08. The molecular weight excluding hydrogens is 290 g/mol. The second-order valence-electron chi connectivity index (χ2n) is 3.91. The Kier molecular flexibility index (Phi) is 4.20. The van der Waals surface area contributed by atoms with Crippen LogP contribution in [0.4, 0.5) is 8.78 Å². The molecule has 0 amide bonds. The monoisotopic (exact) mass is 298 g/mol. The van der Waals surface area contributed by atoms with Gasteiger partial charge in [-0.05, 0) is 24.3 Å². The quantitative estimate of drug-likeness (QED) is 0.931. The maximum Gasteiger partial charge on any atom is 0.342 e. The summed E-state index contributed by atoms with van der Waals surface area (Å²) in [4.78, 5) is 11.0. The number of carbonyl (C=O) groups is 1. The highest BCUT2D eigenvalue weighted by atomic mass is 35.5. The number of rotatable bonds is 4. The number of aromatic carboxylic acids is 1. The first-order valence-corrected chi connectivity index (χ1v) is 5.96. The molecule has 0 saturated carbocycles. The molecule has 0 atom stereocenters. The van der Waals surface area contributed by atoms with Crippen molar-refractivity contribution in [1.82, 2.24) is 0 Å². The smallest absolute Gasteiger partial charge is 0.342 e. The van der Waals surface area contributed by atoms with Gasteiger partial charge in [-0.3, -0.25) is 0 Å². The number of hydrogen-bond donors (Lipinski definition) is 1. The molecule has 0 heterocycles. The molecule has 0 unspecified atom stereocenters. The Bertz CT molecular complexity index is 639. The third kappa shape index (κ3) is 2.88. The van der Waals surface area contributed by atoms with E-state index in [2.05, 4.69) is 0 Å². The van der Waals surface area contributed by atoms with E-state index in [1.54, 1.807) is 0 Å². The Balaban J connectivity index is 2.28. The molecule has 2 aromatic carbocycles. The van der Waals surface area contributed by atoms with Gasteiger partial charge >= 0.3 is 5.97 Å². The highest BCUT2D eigenvalue weighted by Gasteiger charge is 2.17. The molecule has 0 aliphatic carbocycles. The van der Waals surface area contributed by atoms with Crippen molar-refractivity contribution in [2.45, 2.75) is 6.61 Å². The molecule has 6 heteroatoms. The average Bonchev–Trinajstić information content (AvgIpc) is 2.37. The van der Waals surface area contributed by atoms with Crippen molar-refractivity contribution in [1.29, 1.82) is 0 Å². The van der Waals surface area contributed by atoms with Gasteiger partial charge in [0.25, 0.3) is 0 Å². The predicted octanol–water partition coefficient (Wildman–Crippen LogP) is 3.90. The molecule has 0 aliphatic heterocycles. The summed E-state index contributed by atoms with van der Waals surface area (Å²) in [5.41, 5.74) is -0.519. The fourth-order valence-electron chi connectivity index (χ4n) is 1.65. The summed E-state index contributed by atoms with van der Waals surface area (Å²) in [7, 11) is 0. The highest BCUT2D eigenvalue weighted by molar-refractivity contribution is 6.31. The van der Waals surface area contributed by atoms with E-state index in [0.717, 1.165) is 6.07 Å². The lowest BCUT2D eigenvalue weighted by atomic mass is 10.2. The maximum absolute atomic E-state index is 13.5. The van der Waals surface area contributed by atoms with Gasteiger partial charge in [0.15, 0.2) is 0 Å². The van der Waals surface area contributed by atoms with Crippen molar-refractivity contribution in [3.05, 3.63) is 64.2 Å². The van der Waals surface area contributed by atoms with Crippen LogP contribution in [0.2, 0.25) is 5.02 Å². The van der Waals surface area contributed by atoms with Gasteiger partial charge in [-0.2, -0.15) is 0 Å². The van der Waals surface area contributed by atoms with E-state index in [4.69, 9.17) is 21.4 Å². The Morgan fingerprint density at radius 2 is 1.80 bits per heavy atom. The van der Waals surface area contributed by atoms with Crippen LogP contribution in [-0.4, -0.2) is 11.1 Å². The van der Waals surface area contributed by atoms with E-state index < -0.39 is 23.2 Å². The van der Waals surface area contributed by atoms with E-state index in [-0.39, 0.29) is 22.9 Å². The van der Waals surface area contributed by atoms with Crippen molar-refractivity contribution in [3.8, 4) is 5.75 Å². The van der Waals surface area contributed by atoms with Gasteiger partial charge in [-0.25, -0.2) is 13.6 Å². The molecule has 0 fully saturated rings. The van der Waals surface area contributed by atoms with Gasteiger partial charge < -0.3 is 9.84 Å². The molecule has 0 bridgehead atoms. The molecular formula is C14H9ClF2O3. The zero-order valence-electron chi connectivity index (χ0n) is 10.1. The first-order chi connectivity index (χ1) is 9.50. The van der Waals surface area contributed by atoms with Gasteiger partial charge in [-0.1, -0.05) is 23.7 Å². The molecule has 104 valence electrons. The van der Waals surface area contributed by atoms with Crippen LogP contribution in [-0.2, 0) is 6.61 Å². The molecule has 0 saturated heterocycles. The maximum atomic E-state index is 13.5. The van der Waals surface area contributed by atoms with E-state index in [9.17, 15) is 13.6 Å². The van der Waals surface area contributed by atoms with Crippen LogP contribution in [0.25, 0.3) is 0 Å². The topological polar surface area (TPSA) is 46.5 Å². The van der Waals surface area contributed by atoms with Crippen molar-refractivity contribution < 1.29 is 23.4 Å². The lowest BCUT2D eigenvalue weighted by molar-refractivity contribution is 0.0686. The van der Waals surface area contributed by atoms with Crippen molar-refractivity contribution in [2.75, 3.05) is 0 Å². The van der Waals surface area contributed by atoms with E-state index in [1.807, 2.05) is 0 Å². The fraction of sp³-hybridized carbons (Fsp3) is 0.0714. The number of benzene rings is 2. The normalized spacial score (nSPS) is 10.3. The summed E-state index contributed by atoms with van der Waals surface area (Å²) in [6, 6.07) is 7.72. The van der Waals surface area contributed by atoms with Crippen molar-refractivity contribution in [3.63, 3.8) is 0 Å². The lowest BCUT2D eigenvalue weighted by Gasteiger charge is -2.11. The summed E-state index contributed by atoms with van der Waals surface area (Å²) in [6.45, 7) is -0.296. The predicted molar refractivity (Wildman–Crippen MR) is 69.1 cm³/mol. The third-order valence-electron chi connectivity index (χ3n) is 2.62. The van der Waals surface area contributed by atoms with Crippen LogP contribution in [0.3, 0.4) is 0 Å². The average molecular weight is 299 g/mol. The minimum Gasteiger partial charge on any atom is -0.488 e. The third-order valence-corrected chi connectivity index (χ3v) is 2.98. The van der Waals surface area contributed by atoms with Crippen LogP contribution < -0.4 is 4.74 Å². The number of ether oxygens (including phenoxy) is 1. The van der Waals surface area contributed by atoms with Gasteiger partial charge in [0.2, 0.25) is 0 Å². The van der Waals surface area contributed by atoms with Crippen molar-refractivity contribution in [2.24, 2.45) is 0 Å². The fourth-order valence-corrected chi connectivity index (χ4v) is 1.87. The van der Waals surface area contributed by atoms with Crippen LogP contribution in [0, 0.1) is 11.6 Å². The second-order valence-corrected chi connectivity index (χ2v) is 4.31. The number of carboxylic acids is 1. The first-order valence-electron chi connectivity index (χ1n) is 5.58. The van der Waals surface area contributed by atoms with Gasteiger partial charge in [0, 0.05) is 5.56 Å². The number of hydrogen-bond acceptors (Lipinski definition) is 2. The summed E-state index contributed by atoms with van der Waals surface area (Å²) < 4.78 is 32.1. The molecule has 0 aliphatic rings. The molecule has 2 aromatic rings. The van der Waals surface area contributed by atoms with Crippen LogP contribution >= 0.6 is 11.6 Å². The number of carboxylic acid groups (broad SMARTS) is 1. The molecule has 20 heavy (non-hydrogen) atoms. The standard InChI is InChI=1S/C14H9ClF2O3/c15-9-3-1-4-10(16)8(9)7-20-12-6-2-5-11(17)13(12)14(18)19/h1-6H,7H2,(H,18,19). The van der Waals surface area contributed by atoms with E-state index in [1.165, 1.54) is 30.3 Å². The SMILES string of the molecule is O=C(O)c1c(F)cccc1OCc1c(F)cccc1Cl. The minimum atomic E-state index is -1.46. The zero-order chi connectivity index (χ0) is 14.7. The second kappa shape index (κ2) is 5.88. The van der Waals surface area contributed by atoms with Gasteiger partial charge in [0.1, 0.15) is 29.6 Å². The first kappa shape index (κ1) is 14.3. The summed E-state index contributed by atoms with van der Waals surface area (Å²) in [6.07, 6.45) is 0. The molecule has 3 nitrogen and oxygen atoms in total. The minimum absolute atomic E-state index is 0.0785. The van der Waals surface area contributed by atoms with Gasteiger partial charge in [-0.15, -0.1) is 0 Å². The van der Waals surface area contributed by atoms with Crippen molar-refractivity contribution >= 4 is 17.6 Å². The Hall–Kier alpha value is -2.14. The Morgan fingerprint density at radius 3 is 2.45 bits per heavy atom. The largest absolute Gasteiger partial charge is 0.488 e. The summed E-state index contributed by atoms with van der Waals surface area (Å²) >= 11 is 5.82.